The number of hydrogen-bond donors (Lipinski definition) is 0. The summed E-state index contributed by atoms with van der Waals surface area (Å²) in [6, 6.07) is 14.4. The van der Waals surface area contributed by atoms with Crippen molar-refractivity contribution in [1.29, 1.82) is 0 Å². The van der Waals surface area contributed by atoms with Crippen LogP contribution in [0.3, 0.4) is 0 Å². The molecule has 10 heteroatoms. The van der Waals surface area contributed by atoms with Crippen LogP contribution < -0.4 is 9.80 Å². The molecule has 212 valence electrons. The summed E-state index contributed by atoms with van der Waals surface area (Å²) in [6.45, 7) is 11.2. The molecule has 0 unspecified atom stereocenters. The number of aryl methyl sites for hydroxylation is 2. The second-order valence-corrected chi connectivity index (χ2v) is 11.7. The summed E-state index contributed by atoms with van der Waals surface area (Å²) in [5, 5.41) is 1.80. The van der Waals surface area contributed by atoms with E-state index in [1.807, 2.05) is 12.2 Å². The second-order valence-electron chi connectivity index (χ2n) is 9.58. The minimum absolute atomic E-state index is 0. The third kappa shape index (κ3) is 5.28. The van der Waals surface area contributed by atoms with Crippen molar-refractivity contribution < 1.29 is 19.9 Å². The highest BCUT2D eigenvalue weighted by molar-refractivity contribution is 8.04. The third-order valence-electron chi connectivity index (χ3n) is 6.89. The molecule has 1 fully saturated rings. The number of carbonyl (C=O) groups excluding carboxylic acids is 3. The first-order chi connectivity index (χ1) is 19.2. The molecule has 0 bridgehead atoms. The second kappa shape index (κ2) is 11.9. The molecule has 0 radical (unpaired) electrons. The highest BCUT2D eigenvalue weighted by atomic mass is 32.2. The zero-order valence-electron chi connectivity index (χ0n) is 23.9. The number of nitrogens with zero attached hydrogens (tertiary/aromatic N) is 4. The van der Waals surface area contributed by atoms with Crippen LogP contribution in [-0.2, 0) is 9.59 Å². The van der Waals surface area contributed by atoms with Crippen molar-refractivity contribution in [3.05, 3.63) is 80.9 Å². The summed E-state index contributed by atoms with van der Waals surface area (Å²) in [5.41, 5.74) is 4.85. The molecule has 0 aliphatic carbocycles. The molecule has 5 rings (SSSR count). The Bertz CT molecular complexity index is 1540. The monoisotopic (exact) mass is 588 g/mol. The Kier molecular flexibility index (Phi) is 8.73. The van der Waals surface area contributed by atoms with E-state index in [-0.39, 0.29) is 11.0 Å². The normalized spacial score (nSPS) is 18.1. The van der Waals surface area contributed by atoms with Crippen LogP contribution in [0.5, 0.6) is 0 Å². The summed E-state index contributed by atoms with van der Waals surface area (Å²) < 4.78 is 0. The van der Waals surface area contributed by atoms with Crippen molar-refractivity contribution in [3.63, 3.8) is 0 Å². The molecule has 3 heterocycles. The first-order valence-corrected chi connectivity index (χ1v) is 14.7. The third-order valence-corrected chi connectivity index (χ3v) is 9.11. The zero-order chi connectivity index (χ0) is 28.7. The molecule has 41 heavy (non-hydrogen) atoms. The molecule has 0 saturated carbocycles. The predicted octanol–water partition coefficient (Wildman–Crippen LogP) is 5.42. The van der Waals surface area contributed by atoms with Gasteiger partial charge in [0, 0.05) is 36.0 Å². The number of thioether (sulfide) groups is 2. The van der Waals surface area contributed by atoms with E-state index in [0.717, 1.165) is 52.2 Å². The number of allylic oxidation sites excluding steroid dienone is 3. The van der Waals surface area contributed by atoms with Gasteiger partial charge in [-0.25, -0.2) is 4.79 Å². The van der Waals surface area contributed by atoms with Gasteiger partial charge in [0.05, 0.1) is 21.4 Å². The van der Waals surface area contributed by atoms with Crippen LogP contribution >= 0.6 is 23.5 Å². The quantitative estimate of drug-likeness (QED) is 0.267. The lowest BCUT2D eigenvalue weighted by Gasteiger charge is -2.29. The molecule has 2 aromatic carbocycles. The minimum Gasteiger partial charge on any atom is -0.412 e. The van der Waals surface area contributed by atoms with Crippen molar-refractivity contribution >= 4 is 52.7 Å². The van der Waals surface area contributed by atoms with Crippen LogP contribution in [0.4, 0.5) is 16.2 Å². The fraction of sp³-hybridized carbons (Fsp3) is 0.258. The van der Waals surface area contributed by atoms with Gasteiger partial charge in [-0.1, -0.05) is 41.6 Å². The average Bonchev–Trinajstić information content (AvgIpc) is 3.45. The van der Waals surface area contributed by atoms with Crippen molar-refractivity contribution in [2.24, 2.45) is 0 Å². The number of rotatable bonds is 4. The Morgan fingerprint density at radius 3 is 1.76 bits per heavy atom. The molecule has 3 aliphatic heterocycles. The van der Waals surface area contributed by atoms with E-state index in [4.69, 9.17) is 0 Å². The summed E-state index contributed by atoms with van der Waals surface area (Å²) in [7, 11) is 1.38. The number of benzene rings is 2. The van der Waals surface area contributed by atoms with Crippen LogP contribution in [-0.4, -0.2) is 53.3 Å². The van der Waals surface area contributed by atoms with E-state index in [2.05, 4.69) is 85.9 Å². The molecule has 2 aromatic rings. The van der Waals surface area contributed by atoms with Gasteiger partial charge in [0.15, 0.2) is 0 Å². The first kappa shape index (κ1) is 30.1. The minimum atomic E-state index is -0.755. The summed E-state index contributed by atoms with van der Waals surface area (Å²) in [4.78, 5) is 48.4. The summed E-state index contributed by atoms with van der Waals surface area (Å²) in [6.07, 6.45) is 3.79. The van der Waals surface area contributed by atoms with E-state index < -0.39 is 17.8 Å². The van der Waals surface area contributed by atoms with Gasteiger partial charge in [-0.05, 0) is 87.7 Å². The number of barbiturate groups is 1. The summed E-state index contributed by atoms with van der Waals surface area (Å²) >= 11 is 3.19. The summed E-state index contributed by atoms with van der Waals surface area (Å²) in [5.74, 6) is 1.26. The SMILES string of the molecule is CC#CN1C(=O)C(=C(C=C2Sc3ccc(C)cc3N2CC)C=C2Sc3ccc(C)cc3N2CC)C(=O)N(C)C1=O.O. The number of likely N-dealkylation sites (N-methyl/N-ethyl adjacent to an activating group) is 1. The van der Waals surface area contributed by atoms with Crippen LogP contribution in [0, 0.1) is 25.8 Å². The van der Waals surface area contributed by atoms with E-state index in [0.29, 0.717) is 18.7 Å². The van der Waals surface area contributed by atoms with Gasteiger partial charge in [0.25, 0.3) is 11.8 Å². The van der Waals surface area contributed by atoms with Gasteiger partial charge in [-0.15, -0.1) is 0 Å². The van der Waals surface area contributed by atoms with Crippen LogP contribution in [0.25, 0.3) is 0 Å². The molecule has 0 aromatic heterocycles. The lowest BCUT2D eigenvalue weighted by molar-refractivity contribution is -0.133. The Hall–Kier alpha value is -3.91. The lowest BCUT2D eigenvalue weighted by atomic mass is 10.0. The zero-order valence-corrected chi connectivity index (χ0v) is 25.5. The fourth-order valence-corrected chi connectivity index (χ4v) is 7.21. The highest BCUT2D eigenvalue weighted by Crippen LogP contribution is 2.49. The molecule has 3 aliphatic rings. The van der Waals surface area contributed by atoms with Crippen molar-refractivity contribution in [2.75, 3.05) is 29.9 Å². The van der Waals surface area contributed by atoms with Crippen LogP contribution in [0.2, 0.25) is 0 Å². The molecular weight excluding hydrogens is 556 g/mol. The van der Waals surface area contributed by atoms with Gasteiger partial charge in [0.2, 0.25) is 0 Å². The van der Waals surface area contributed by atoms with Crippen LogP contribution in [0.1, 0.15) is 31.9 Å². The Balaban J connectivity index is 0.00000387. The average molecular weight is 589 g/mol. The molecule has 1 saturated heterocycles. The maximum absolute atomic E-state index is 13.7. The smallest absolute Gasteiger partial charge is 0.345 e. The van der Waals surface area contributed by atoms with E-state index >= 15 is 0 Å². The van der Waals surface area contributed by atoms with Gasteiger partial charge < -0.3 is 15.3 Å². The number of carbonyl (C=O) groups is 3. The topological polar surface area (TPSA) is 95.7 Å². The van der Waals surface area contributed by atoms with Crippen molar-refractivity contribution in [2.45, 2.75) is 44.4 Å². The van der Waals surface area contributed by atoms with Gasteiger partial charge in [-0.2, -0.15) is 4.90 Å². The lowest BCUT2D eigenvalue weighted by Crippen LogP contribution is -2.53. The number of amides is 4. The van der Waals surface area contributed by atoms with Gasteiger partial charge >= 0.3 is 6.03 Å². The Morgan fingerprint density at radius 1 is 0.829 bits per heavy atom. The number of hydrogen-bond acceptors (Lipinski definition) is 7. The van der Waals surface area contributed by atoms with Crippen molar-refractivity contribution in [3.8, 4) is 12.0 Å². The van der Waals surface area contributed by atoms with Crippen LogP contribution in [0.15, 0.2) is 79.5 Å². The van der Waals surface area contributed by atoms with E-state index in [1.165, 1.54) is 7.05 Å². The van der Waals surface area contributed by atoms with Gasteiger partial charge in [0.1, 0.15) is 5.57 Å². The maximum Gasteiger partial charge on any atom is 0.345 e. The van der Waals surface area contributed by atoms with Gasteiger partial charge in [-0.3, -0.25) is 14.5 Å². The number of urea groups is 1. The Morgan fingerprint density at radius 2 is 1.32 bits per heavy atom. The fourth-order valence-electron chi connectivity index (χ4n) is 4.89. The number of fused-ring (bicyclic) bond motifs is 2. The largest absolute Gasteiger partial charge is 0.412 e. The first-order valence-electron chi connectivity index (χ1n) is 13.1. The van der Waals surface area contributed by atoms with E-state index in [9.17, 15) is 14.4 Å². The molecule has 4 amide bonds. The maximum atomic E-state index is 13.7. The number of anilines is 2. The van der Waals surface area contributed by atoms with E-state index in [1.54, 1.807) is 30.4 Å². The predicted molar refractivity (Wildman–Crippen MR) is 165 cm³/mol. The standard InChI is InChI=1S/C31H30N4O3S2.H2O/c1-7-14-35-30(37)28(29(36)32(6)31(35)38)21(17-26-33(8-2)22-15-19(4)10-12-24(22)39-26)18-27-34(9-3)23-16-20(5)11-13-25(23)40-27;/h10-13,15-18H,8-9H2,1-6H3;1H2. The molecule has 0 atom stereocenters. The molecule has 8 nitrogen and oxygen atoms in total. The molecule has 2 N–H and O–H groups in total. The number of imide groups is 2. The van der Waals surface area contributed by atoms with Crippen molar-refractivity contribution in [1.82, 2.24) is 9.80 Å². The Labute approximate surface area is 249 Å². The highest BCUT2D eigenvalue weighted by Gasteiger charge is 2.41. The molecule has 0 spiro atoms. The molecular formula is C31H32N4O4S2.